The Morgan fingerprint density at radius 3 is 2.50 bits per heavy atom. The number of benzene rings is 2. The first kappa shape index (κ1) is 16.1. The molecule has 3 aromatic rings. The highest BCUT2D eigenvalue weighted by Crippen LogP contribution is 2.32. The Morgan fingerprint density at radius 1 is 1.12 bits per heavy atom. The maximum Gasteiger partial charge on any atom is 0.259 e. The summed E-state index contributed by atoms with van der Waals surface area (Å²) in [4.78, 5) is 24.3. The van der Waals surface area contributed by atoms with Crippen molar-refractivity contribution in [2.75, 3.05) is 11.1 Å². The van der Waals surface area contributed by atoms with Crippen molar-refractivity contribution < 1.29 is 14.0 Å². The van der Waals surface area contributed by atoms with Gasteiger partial charge in [-0.3, -0.25) is 9.59 Å². The van der Waals surface area contributed by atoms with Gasteiger partial charge in [0.1, 0.15) is 5.76 Å². The Morgan fingerprint density at radius 2 is 1.83 bits per heavy atom. The topological polar surface area (TPSA) is 85.3 Å². The van der Waals surface area contributed by atoms with Crippen LogP contribution in [0.5, 0.6) is 0 Å². The SMILES string of the molecule is CC(=O)c1c(C)oc2c(NC(=O)c3c(N)cccc3Cl)cccc12. The molecule has 3 N–H and O–H groups in total. The monoisotopic (exact) mass is 342 g/mol. The molecule has 0 fully saturated rings. The van der Waals surface area contributed by atoms with E-state index in [4.69, 9.17) is 21.8 Å². The molecule has 1 aromatic heterocycles. The molecule has 0 unspecified atom stereocenters. The van der Waals surface area contributed by atoms with Crippen LogP contribution in [0.25, 0.3) is 11.0 Å². The van der Waals surface area contributed by atoms with Crippen molar-refractivity contribution in [1.82, 2.24) is 0 Å². The van der Waals surface area contributed by atoms with E-state index in [1.165, 1.54) is 6.92 Å². The van der Waals surface area contributed by atoms with Crippen molar-refractivity contribution in [3.8, 4) is 0 Å². The molecule has 0 bridgehead atoms. The third-order valence-corrected chi connectivity index (χ3v) is 4.08. The minimum Gasteiger partial charge on any atom is -0.458 e. The van der Waals surface area contributed by atoms with Crippen LogP contribution >= 0.6 is 11.6 Å². The number of furan rings is 1. The summed E-state index contributed by atoms with van der Waals surface area (Å²) in [6.45, 7) is 3.20. The molecule has 1 amide bonds. The van der Waals surface area contributed by atoms with Crippen molar-refractivity contribution >= 4 is 45.6 Å². The van der Waals surface area contributed by atoms with Gasteiger partial charge < -0.3 is 15.5 Å². The number of ketones is 1. The number of anilines is 2. The van der Waals surface area contributed by atoms with Crippen LogP contribution in [0.15, 0.2) is 40.8 Å². The minimum absolute atomic E-state index is 0.0925. The number of halogens is 1. The van der Waals surface area contributed by atoms with Crippen LogP contribution in [0.1, 0.15) is 33.4 Å². The number of nitrogens with one attached hydrogen (secondary N) is 1. The zero-order valence-electron chi connectivity index (χ0n) is 13.1. The number of nitrogen functional groups attached to an aromatic ring is 1. The predicted octanol–water partition coefficient (Wildman–Crippen LogP) is 4.43. The molecule has 24 heavy (non-hydrogen) atoms. The lowest BCUT2D eigenvalue weighted by atomic mass is 10.1. The molecule has 1 heterocycles. The number of para-hydroxylation sites is 1. The van der Waals surface area contributed by atoms with E-state index in [1.54, 1.807) is 43.3 Å². The normalized spacial score (nSPS) is 10.8. The standard InChI is InChI=1S/C18H15ClN2O3/c1-9(22)15-10(2)24-17-11(15)5-3-8-14(17)21-18(23)16-12(19)6-4-7-13(16)20/h3-8H,20H2,1-2H3,(H,21,23). The molecule has 3 rings (SSSR count). The van der Waals surface area contributed by atoms with Gasteiger partial charge in [0.25, 0.3) is 5.91 Å². The molecule has 0 spiro atoms. The predicted molar refractivity (Wildman–Crippen MR) is 94.8 cm³/mol. The number of Topliss-reactive ketones (excluding diaryl/α,β-unsaturated/α-hetero) is 1. The lowest BCUT2D eigenvalue weighted by Crippen LogP contribution is -2.14. The molecule has 5 nitrogen and oxygen atoms in total. The largest absolute Gasteiger partial charge is 0.458 e. The van der Waals surface area contributed by atoms with Gasteiger partial charge in [0.2, 0.25) is 0 Å². The molecule has 2 aromatic carbocycles. The molecule has 6 heteroatoms. The second kappa shape index (κ2) is 6.02. The van der Waals surface area contributed by atoms with E-state index in [0.717, 1.165) is 0 Å². The molecule has 122 valence electrons. The molecular weight excluding hydrogens is 328 g/mol. The fourth-order valence-electron chi connectivity index (χ4n) is 2.74. The Kier molecular flexibility index (Phi) is 4.03. The van der Waals surface area contributed by atoms with Gasteiger partial charge in [0, 0.05) is 11.1 Å². The summed E-state index contributed by atoms with van der Waals surface area (Å²) in [6.07, 6.45) is 0. The third kappa shape index (κ3) is 2.63. The van der Waals surface area contributed by atoms with Gasteiger partial charge in [-0.05, 0) is 32.0 Å². The number of fused-ring (bicyclic) bond motifs is 1. The Bertz CT molecular complexity index is 956. The van der Waals surface area contributed by atoms with Crippen LogP contribution in [-0.4, -0.2) is 11.7 Å². The number of hydrogen-bond donors (Lipinski definition) is 2. The summed E-state index contributed by atoms with van der Waals surface area (Å²) in [6, 6.07) is 10.1. The van der Waals surface area contributed by atoms with Gasteiger partial charge in [-0.15, -0.1) is 0 Å². The second-order valence-corrected chi connectivity index (χ2v) is 5.84. The van der Waals surface area contributed by atoms with Crippen LogP contribution in [0.4, 0.5) is 11.4 Å². The molecule has 0 aliphatic rings. The smallest absolute Gasteiger partial charge is 0.259 e. The van der Waals surface area contributed by atoms with Crippen molar-refractivity contribution in [1.29, 1.82) is 0 Å². The summed E-state index contributed by atoms with van der Waals surface area (Å²) >= 11 is 6.07. The van der Waals surface area contributed by atoms with Crippen LogP contribution in [0, 0.1) is 6.92 Å². The first-order chi connectivity index (χ1) is 11.4. The van der Waals surface area contributed by atoms with Crippen LogP contribution in [0.2, 0.25) is 5.02 Å². The fraction of sp³-hybridized carbons (Fsp3) is 0.111. The maximum atomic E-state index is 12.5. The van der Waals surface area contributed by atoms with E-state index in [9.17, 15) is 9.59 Å². The number of aryl methyl sites for hydroxylation is 1. The van der Waals surface area contributed by atoms with Crippen LogP contribution < -0.4 is 11.1 Å². The third-order valence-electron chi connectivity index (χ3n) is 3.76. The Labute approximate surface area is 143 Å². The molecule has 0 saturated carbocycles. The van der Waals surface area contributed by atoms with Crippen molar-refractivity contribution in [3.63, 3.8) is 0 Å². The first-order valence-electron chi connectivity index (χ1n) is 7.28. The van der Waals surface area contributed by atoms with Crippen molar-refractivity contribution in [3.05, 3.63) is 58.3 Å². The number of nitrogens with two attached hydrogens (primary N) is 1. The van der Waals surface area contributed by atoms with Gasteiger partial charge in [0.05, 0.1) is 21.8 Å². The van der Waals surface area contributed by atoms with E-state index < -0.39 is 5.91 Å². The van der Waals surface area contributed by atoms with Gasteiger partial charge in [-0.2, -0.15) is 0 Å². The Hall–Kier alpha value is -2.79. The Balaban J connectivity index is 2.07. The highest BCUT2D eigenvalue weighted by atomic mass is 35.5. The van der Waals surface area contributed by atoms with E-state index >= 15 is 0 Å². The first-order valence-corrected chi connectivity index (χ1v) is 7.66. The van der Waals surface area contributed by atoms with E-state index in [0.29, 0.717) is 28.0 Å². The molecule has 0 atom stereocenters. The van der Waals surface area contributed by atoms with Crippen LogP contribution in [-0.2, 0) is 0 Å². The summed E-state index contributed by atoms with van der Waals surface area (Å²) in [5.74, 6) is -0.0226. The lowest BCUT2D eigenvalue weighted by Gasteiger charge is -2.09. The average Bonchev–Trinajstić information content (AvgIpc) is 2.84. The minimum atomic E-state index is -0.441. The fourth-order valence-corrected chi connectivity index (χ4v) is 3.01. The van der Waals surface area contributed by atoms with Crippen molar-refractivity contribution in [2.45, 2.75) is 13.8 Å². The number of amides is 1. The van der Waals surface area contributed by atoms with Crippen molar-refractivity contribution in [2.24, 2.45) is 0 Å². The van der Waals surface area contributed by atoms with E-state index in [2.05, 4.69) is 5.32 Å². The number of carbonyl (C=O) groups is 2. The van der Waals surface area contributed by atoms with Crippen LogP contribution in [0.3, 0.4) is 0 Å². The number of carbonyl (C=O) groups excluding carboxylic acids is 2. The average molecular weight is 343 g/mol. The highest BCUT2D eigenvalue weighted by molar-refractivity contribution is 6.35. The molecule has 0 radical (unpaired) electrons. The van der Waals surface area contributed by atoms with Gasteiger partial charge in [-0.1, -0.05) is 29.8 Å². The highest BCUT2D eigenvalue weighted by Gasteiger charge is 2.20. The molecule has 0 aliphatic heterocycles. The van der Waals surface area contributed by atoms with Gasteiger partial charge in [0.15, 0.2) is 11.4 Å². The maximum absolute atomic E-state index is 12.5. The molecule has 0 saturated heterocycles. The van der Waals surface area contributed by atoms with E-state index in [1.807, 2.05) is 0 Å². The van der Waals surface area contributed by atoms with Gasteiger partial charge >= 0.3 is 0 Å². The number of hydrogen-bond acceptors (Lipinski definition) is 4. The molecular formula is C18H15ClN2O3. The second-order valence-electron chi connectivity index (χ2n) is 5.43. The summed E-state index contributed by atoms with van der Waals surface area (Å²) in [5.41, 5.74) is 7.74. The number of rotatable bonds is 3. The van der Waals surface area contributed by atoms with Gasteiger partial charge in [-0.25, -0.2) is 0 Å². The summed E-state index contributed by atoms with van der Waals surface area (Å²) < 4.78 is 5.69. The van der Waals surface area contributed by atoms with E-state index in [-0.39, 0.29) is 22.1 Å². The zero-order valence-corrected chi connectivity index (χ0v) is 13.9. The summed E-state index contributed by atoms with van der Waals surface area (Å²) in [5, 5.41) is 3.67. The molecule has 0 aliphatic carbocycles. The summed E-state index contributed by atoms with van der Waals surface area (Å²) in [7, 11) is 0. The quantitative estimate of drug-likeness (QED) is 0.544. The lowest BCUT2D eigenvalue weighted by molar-refractivity contribution is 0.101. The zero-order chi connectivity index (χ0) is 17.4.